The third-order valence-corrected chi connectivity index (χ3v) is 8.04. The van der Waals surface area contributed by atoms with Gasteiger partial charge >= 0.3 is 0 Å². The highest BCUT2D eigenvalue weighted by atomic mass is 32.2. The molecule has 7 heteroatoms. The number of hydrogen-bond acceptors (Lipinski definition) is 4. The molecule has 4 aromatic rings. The Morgan fingerprint density at radius 1 is 0.914 bits per heavy atom. The number of halogens is 1. The molecule has 0 fully saturated rings. The summed E-state index contributed by atoms with van der Waals surface area (Å²) in [7, 11) is -4.12. The first-order valence-corrected chi connectivity index (χ1v) is 13.1. The van der Waals surface area contributed by atoms with E-state index < -0.39 is 21.1 Å². The Bertz CT molecular complexity index is 1550. The number of sulfone groups is 1. The topological polar surface area (TPSA) is 59.4 Å². The first-order chi connectivity index (χ1) is 16.6. The Balaban J connectivity index is 2.02. The molecule has 0 saturated heterocycles. The normalized spacial score (nSPS) is 11.7. The van der Waals surface area contributed by atoms with E-state index in [0.717, 1.165) is 16.7 Å². The monoisotopic (exact) mass is 492 g/mol. The SMILES string of the molecule is CCN(CC)c1cc2c(cc1F)c(=O)c(S(=O)(=O)c1ccc(C)cc1)cn2Cc1cccc(C)c1. The van der Waals surface area contributed by atoms with Crippen LogP contribution >= 0.6 is 0 Å². The van der Waals surface area contributed by atoms with Crippen LogP contribution in [0.1, 0.15) is 30.5 Å². The Morgan fingerprint density at radius 3 is 2.23 bits per heavy atom. The van der Waals surface area contributed by atoms with Crippen LogP contribution in [0.25, 0.3) is 10.9 Å². The Morgan fingerprint density at radius 2 is 1.60 bits per heavy atom. The lowest BCUT2D eigenvalue weighted by Gasteiger charge is -2.23. The van der Waals surface area contributed by atoms with E-state index in [1.165, 1.54) is 24.4 Å². The van der Waals surface area contributed by atoms with Gasteiger partial charge in [0.1, 0.15) is 10.7 Å². The molecule has 0 N–H and O–H groups in total. The van der Waals surface area contributed by atoms with Crippen molar-refractivity contribution in [2.45, 2.75) is 44.0 Å². The van der Waals surface area contributed by atoms with E-state index in [1.807, 2.05) is 56.9 Å². The van der Waals surface area contributed by atoms with E-state index in [2.05, 4.69) is 0 Å². The Hall–Kier alpha value is -3.45. The average Bonchev–Trinajstić information content (AvgIpc) is 2.82. The van der Waals surface area contributed by atoms with Crippen molar-refractivity contribution >= 4 is 26.4 Å². The van der Waals surface area contributed by atoms with Crippen LogP contribution in [0.3, 0.4) is 0 Å². The standard InChI is InChI=1S/C28H29FN2O3S/c1-5-30(6-2)26-16-25-23(15-24(26)29)28(32)27(35(33,34)22-12-10-19(3)11-13-22)18-31(25)17-21-9-7-8-20(4)14-21/h7-16,18H,5-6,17H2,1-4H3. The predicted molar refractivity (Wildman–Crippen MR) is 139 cm³/mol. The molecule has 0 aliphatic heterocycles. The molecular formula is C28H29FN2O3S. The van der Waals surface area contributed by atoms with Crippen LogP contribution in [0.15, 0.2) is 81.4 Å². The molecule has 0 atom stereocenters. The third kappa shape index (κ3) is 4.73. The van der Waals surface area contributed by atoms with Crippen molar-refractivity contribution in [2.75, 3.05) is 18.0 Å². The minimum absolute atomic E-state index is 0.0295. The molecule has 1 heterocycles. The maximum atomic E-state index is 15.2. The minimum atomic E-state index is -4.12. The van der Waals surface area contributed by atoms with E-state index in [4.69, 9.17) is 0 Å². The van der Waals surface area contributed by atoms with Crippen molar-refractivity contribution in [3.63, 3.8) is 0 Å². The van der Waals surface area contributed by atoms with Crippen molar-refractivity contribution in [1.29, 1.82) is 0 Å². The van der Waals surface area contributed by atoms with E-state index in [9.17, 15) is 13.2 Å². The number of nitrogens with zero attached hydrogens (tertiary/aromatic N) is 2. The van der Waals surface area contributed by atoms with Crippen molar-refractivity contribution in [1.82, 2.24) is 4.57 Å². The van der Waals surface area contributed by atoms with Gasteiger partial charge in [-0.25, -0.2) is 12.8 Å². The molecule has 0 aliphatic rings. The van der Waals surface area contributed by atoms with Gasteiger partial charge in [-0.1, -0.05) is 47.5 Å². The second-order valence-electron chi connectivity index (χ2n) is 8.75. The molecule has 0 aliphatic carbocycles. The molecular weight excluding hydrogens is 463 g/mol. The second kappa shape index (κ2) is 9.66. The van der Waals surface area contributed by atoms with Gasteiger partial charge in [-0.2, -0.15) is 0 Å². The summed E-state index contributed by atoms with van der Waals surface area (Å²) in [4.78, 5) is 15.0. The van der Waals surface area contributed by atoms with Gasteiger partial charge < -0.3 is 9.47 Å². The number of benzene rings is 3. The Kier molecular flexibility index (Phi) is 6.81. The third-order valence-electron chi connectivity index (χ3n) is 6.28. The molecule has 5 nitrogen and oxygen atoms in total. The highest BCUT2D eigenvalue weighted by molar-refractivity contribution is 7.91. The summed E-state index contributed by atoms with van der Waals surface area (Å²) in [6, 6.07) is 17.0. The highest BCUT2D eigenvalue weighted by Gasteiger charge is 2.25. The maximum Gasteiger partial charge on any atom is 0.211 e. The maximum absolute atomic E-state index is 15.2. The van der Waals surface area contributed by atoms with E-state index in [0.29, 0.717) is 30.8 Å². The quantitative estimate of drug-likeness (QED) is 0.343. The smallest absolute Gasteiger partial charge is 0.211 e. The van der Waals surface area contributed by atoms with Gasteiger partial charge in [0.15, 0.2) is 0 Å². The molecule has 4 rings (SSSR count). The van der Waals surface area contributed by atoms with Gasteiger partial charge in [-0.3, -0.25) is 4.79 Å². The van der Waals surface area contributed by atoms with Crippen LogP contribution in [0.2, 0.25) is 0 Å². The molecule has 0 unspecified atom stereocenters. The largest absolute Gasteiger partial charge is 0.370 e. The number of pyridine rings is 1. The van der Waals surface area contributed by atoms with Crippen LogP contribution in [-0.2, 0) is 16.4 Å². The minimum Gasteiger partial charge on any atom is -0.370 e. The van der Waals surface area contributed by atoms with Gasteiger partial charge in [0.25, 0.3) is 0 Å². The van der Waals surface area contributed by atoms with Crippen molar-refractivity contribution < 1.29 is 12.8 Å². The van der Waals surface area contributed by atoms with Gasteiger partial charge in [-0.05, 0) is 57.5 Å². The summed E-state index contributed by atoms with van der Waals surface area (Å²) >= 11 is 0. The number of aryl methyl sites for hydroxylation is 2. The van der Waals surface area contributed by atoms with E-state index >= 15 is 4.39 Å². The number of hydrogen-bond donors (Lipinski definition) is 0. The molecule has 0 saturated carbocycles. The molecule has 35 heavy (non-hydrogen) atoms. The molecule has 3 aromatic carbocycles. The zero-order valence-corrected chi connectivity index (χ0v) is 21.2. The van der Waals surface area contributed by atoms with Crippen molar-refractivity contribution in [2.24, 2.45) is 0 Å². The summed E-state index contributed by atoms with van der Waals surface area (Å²) in [5.74, 6) is -0.551. The first-order valence-electron chi connectivity index (χ1n) is 11.6. The number of aromatic nitrogens is 1. The van der Waals surface area contributed by atoms with E-state index in [1.54, 1.807) is 22.8 Å². The fourth-order valence-corrected chi connectivity index (χ4v) is 5.72. The number of fused-ring (bicyclic) bond motifs is 1. The lowest BCUT2D eigenvalue weighted by atomic mass is 10.1. The highest BCUT2D eigenvalue weighted by Crippen LogP contribution is 2.28. The summed E-state index contributed by atoms with van der Waals surface area (Å²) in [5, 5.41) is 0.0410. The van der Waals surface area contributed by atoms with Crippen molar-refractivity contribution in [3.05, 3.63) is 99.6 Å². The number of anilines is 1. The van der Waals surface area contributed by atoms with Crippen LogP contribution in [0.4, 0.5) is 10.1 Å². The summed E-state index contributed by atoms with van der Waals surface area (Å²) < 4.78 is 43.9. The zero-order chi connectivity index (χ0) is 25.3. The molecule has 0 bridgehead atoms. The molecule has 182 valence electrons. The van der Waals surface area contributed by atoms with Crippen LogP contribution in [-0.4, -0.2) is 26.1 Å². The molecule has 0 spiro atoms. The molecule has 0 amide bonds. The van der Waals surface area contributed by atoms with Crippen LogP contribution in [0.5, 0.6) is 0 Å². The molecule has 1 aromatic heterocycles. The number of rotatable bonds is 7. The Labute approximate surface area is 205 Å². The molecule has 0 radical (unpaired) electrons. The predicted octanol–water partition coefficient (Wildman–Crippen LogP) is 5.48. The van der Waals surface area contributed by atoms with Gasteiger partial charge in [0.05, 0.1) is 21.5 Å². The lowest BCUT2D eigenvalue weighted by Crippen LogP contribution is -2.24. The summed E-state index contributed by atoms with van der Waals surface area (Å²) in [6.45, 7) is 9.24. The second-order valence-corrected chi connectivity index (χ2v) is 10.7. The van der Waals surface area contributed by atoms with Crippen LogP contribution in [0, 0.1) is 19.7 Å². The fourth-order valence-electron chi connectivity index (χ4n) is 4.35. The average molecular weight is 493 g/mol. The van der Waals surface area contributed by atoms with E-state index in [-0.39, 0.29) is 15.2 Å². The van der Waals surface area contributed by atoms with Crippen molar-refractivity contribution in [3.8, 4) is 0 Å². The van der Waals surface area contributed by atoms with Gasteiger partial charge in [0, 0.05) is 25.8 Å². The zero-order valence-electron chi connectivity index (χ0n) is 20.4. The summed E-state index contributed by atoms with van der Waals surface area (Å²) in [5.41, 5.74) is 3.09. The fraction of sp³-hybridized carbons (Fsp3) is 0.250. The van der Waals surface area contributed by atoms with Crippen LogP contribution < -0.4 is 10.3 Å². The lowest BCUT2D eigenvalue weighted by molar-refractivity contribution is 0.593. The van der Waals surface area contributed by atoms with Gasteiger partial charge in [0.2, 0.25) is 15.3 Å². The van der Waals surface area contributed by atoms with Gasteiger partial charge in [-0.15, -0.1) is 0 Å². The summed E-state index contributed by atoms with van der Waals surface area (Å²) in [6.07, 6.45) is 1.39. The first kappa shape index (κ1) is 24.7.